The number of anilines is 1. The number of aromatic carboxylic acids is 1. The van der Waals surface area contributed by atoms with Crippen molar-refractivity contribution in [3.63, 3.8) is 0 Å². The molecule has 2 aromatic rings. The Morgan fingerprint density at radius 2 is 1.89 bits per heavy atom. The zero-order chi connectivity index (χ0) is 13.1. The number of hydrogen-bond acceptors (Lipinski definition) is 2. The Hall–Kier alpha value is -2.29. The van der Waals surface area contributed by atoms with Crippen LogP contribution in [0.1, 0.15) is 15.9 Å². The van der Waals surface area contributed by atoms with Gasteiger partial charge in [0, 0.05) is 12.7 Å². The molecule has 2 N–H and O–H groups in total. The number of rotatable bonds is 3. The molecule has 0 radical (unpaired) electrons. The minimum atomic E-state index is -0.916. The van der Waals surface area contributed by atoms with Crippen LogP contribution in [0.2, 0.25) is 0 Å². The van der Waals surface area contributed by atoms with Gasteiger partial charge in [-0.25, -0.2) is 4.79 Å². The van der Waals surface area contributed by atoms with E-state index in [2.05, 4.69) is 5.32 Å². The average molecular weight is 241 g/mol. The van der Waals surface area contributed by atoms with E-state index in [1.165, 1.54) is 0 Å². The van der Waals surface area contributed by atoms with Crippen molar-refractivity contribution in [2.75, 3.05) is 12.4 Å². The fourth-order valence-electron chi connectivity index (χ4n) is 1.89. The number of aryl methyl sites for hydroxylation is 1. The molecule has 0 bridgehead atoms. The summed E-state index contributed by atoms with van der Waals surface area (Å²) in [5.74, 6) is -0.916. The summed E-state index contributed by atoms with van der Waals surface area (Å²) in [6, 6.07) is 13.3. The summed E-state index contributed by atoms with van der Waals surface area (Å²) in [4.78, 5) is 11.1. The summed E-state index contributed by atoms with van der Waals surface area (Å²) in [6.45, 7) is 2.02. The zero-order valence-corrected chi connectivity index (χ0v) is 10.4. The van der Waals surface area contributed by atoms with Crippen molar-refractivity contribution < 1.29 is 9.90 Å². The van der Waals surface area contributed by atoms with Crippen LogP contribution in [-0.4, -0.2) is 18.1 Å². The number of nitrogens with one attached hydrogen (secondary N) is 1. The summed E-state index contributed by atoms with van der Waals surface area (Å²) >= 11 is 0. The van der Waals surface area contributed by atoms with Crippen molar-refractivity contribution in [3.8, 4) is 11.1 Å². The first-order valence-corrected chi connectivity index (χ1v) is 5.73. The summed E-state index contributed by atoms with van der Waals surface area (Å²) in [5.41, 5.74) is 4.17. The summed E-state index contributed by atoms with van der Waals surface area (Å²) in [6.07, 6.45) is 0. The summed E-state index contributed by atoms with van der Waals surface area (Å²) < 4.78 is 0. The highest BCUT2D eigenvalue weighted by Gasteiger charge is 2.08. The van der Waals surface area contributed by atoms with Gasteiger partial charge in [-0.1, -0.05) is 29.8 Å². The molecule has 0 aromatic heterocycles. The van der Waals surface area contributed by atoms with Gasteiger partial charge in [0.1, 0.15) is 0 Å². The first-order valence-electron chi connectivity index (χ1n) is 5.73. The molecule has 92 valence electrons. The highest BCUT2D eigenvalue weighted by Crippen LogP contribution is 2.25. The molecular weight excluding hydrogens is 226 g/mol. The second-order valence-electron chi connectivity index (χ2n) is 4.22. The normalized spacial score (nSPS) is 10.1. The van der Waals surface area contributed by atoms with Gasteiger partial charge >= 0.3 is 5.97 Å². The smallest absolute Gasteiger partial charge is 0.335 e. The van der Waals surface area contributed by atoms with Crippen LogP contribution in [0.15, 0.2) is 42.5 Å². The van der Waals surface area contributed by atoms with E-state index in [0.717, 1.165) is 22.4 Å². The Morgan fingerprint density at radius 3 is 2.50 bits per heavy atom. The maximum atomic E-state index is 11.1. The van der Waals surface area contributed by atoms with Gasteiger partial charge in [-0.3, -0.25) is 0 Å². The van der Waals surface area contributed by atoms with Crippen LogP contribution >= 0.6 is 0 Å². The van der Waals surface area contributed by atoms with Gasteiger partial charge < -0.3 is 10.4 Å². The molecule has 0 atom stereocenters. The van der Waals surface area contributed by atoms with E-state index < -0.39 is 5.97 Å². The largest absolute Gasteiger partial charge is 0.478 e. The Balaban J connectivity index is 2.56. The molecule has 2 rings (SSSR count). The molecule has 0 amide bonds. The molecular formula is C15H15NO2. The third kappa shape index (κ3) is 2.51. The van der Waals surface area contributed by atoms with Crippen LogP contribution in [0.25, 0.3) is 11.1 Å². The number of hydrogen-bond donors (Lipinski definition) is 2. The van der Waals surface area contributed by atoms with E-state index >= 15 is 0 Å². The molecule has 0 saturated heterocycles. The van der Waals surface area contributed by atoms with Gasteiger partial charge in [0.2, 0.25) is 0 Å². The van der Waals surface area contributed by atoms with Gasteiger partial charge in [0.15, 0.2) is 0 Å². The maximum Gasteiger partial charge on any atom is 0.335 e. The van der Waals surface area contributed by atoms with Crippen molar-refractivity contribution in [2.24, 2.45) is 0 Å². The third-order valence-electron chi connectivity index (χ3n) is 2.82. The Morgan fingerprint density at radius 1 is 1.11 bits per heavy atom. The van der Waals surface area contributed by atoms with Crippen molar-refractivity contribution in [2.45, 2.75) is 6.92 Å². The van der Waals surface area contributed by atoms with Crippen LogP contribution in [-0.2, 0) is 0 Å². The summed E-state index contributed by atoms with van der Waals surface area (Å²) in [5, 5.41) is 12.1. The van der Waals surface area contributed by atoms with Crippen LogP contribution in [0.5, 0.6) is 0 Å². The van der Waals surface area contributed by atoms with Crippen LogP contribution in [0.3, 0.4) is 0 Å². The second kappa shape index (κ2) is 4.92. The van der Waals surface area contributed by atoms with E-state index in [1.807, 2.05) is 37.3 Å². The van der Waals surface area contributed by atoms with Crippen molar-refractivity contribution in [3.05, 3.63) is 53.6 Å². The predicted octanol–water partition coefficient (Wildman–Crippen LogP) is 3.40. The first kappa shape index (κ1) is 12.2. The molecule has 0 aliphatic rings. The number of carboxylic acids is 1. The van der Waals surface area contributed by atoms with Crippen LogP contribution < -0.4 is 5.32 Å². The number of benzene rings is 2. The van der Waals surface area contributed by atoms with Gasteiger partial charge in [-0.05, 0) is 36.2 Å². The minimum absolute atomic E-state index is 0.290. The zero-order valence-electron chi connectivity index (χ0n) is 10.4. The topological polar surface area (TPSA) is 49.3 Å². The fourth-order valence-corrected chi connectivity index (χ4v) is 1.89. The van der Waals surface area contributed by atoms with E-state index in [9.17, 15) is 4.79 Å². The van der Waals surface area contributed by atoms with Crippen LogP contribution in [0, 0.1) is 6.92 Å². The molecule has 0 saturated carbocycles. The monoisotopic (exact) mass is 241 g/mol. The Kier molecular flexibility index (Phi) is 3.33. The minimum Gasteiger partial charge on any atom is -0.478 e. The average Bonchev–Trinajstić information content (AvgIpc) is 2.38. The summed E-state index contributed by atoms with van der Waals surface area (Å²) in [7, 11) is 1.78. The van der Waals surface area contributed by atoms with Crippen molar-refractivity contribution in [1.82, 2.24) is 0 Å². The highest BCUT2D eigenvalue weighted by molar-refractivity contribution is 5.91. The molecule has 0 heterocycles. The Bertz CT molecular complexity index is 591. The lowest BCUT2D eigenvalue weighted by Crippen LogP contribution is -1.99. The molecule has 18 heavy (non-hydrogen) atoms. The van der Waals surface area contributed by atoms with Gasteiger partial charge in [0.25, 0.3) is 0 Å². The Labute approximate surface area is 106 Å². The molecule has 0 unspecified atom stereocenters. The van der Waals surface area contributed by atoms with Crippen molar-refractivity contribution in [1.29, 1.82) is 0 Å². The highest BCUT2D eigenvalue weighted by atomic mass is 16.4. The van der Waals surface area contributed by atoms with Gasteiger partial charge in [-0.15, -0.1) is 0 Å². The lowest BCUT2D eigenvalue weighted by molar-refractivity contribution is 0.0697. The third-order valence-corrected chi connectivity index (χ3v) is 2.82. The lowest BCUT2D eigenvalue weighted by atomic mass is 10.0. The number of carbonyl (C=O) groups is 1. The molecule has 3 nitrogen and oxygen atoms in total. The van der Waals surface area contributed by atoms with E-state index in [0.29, 0.717) is 5.56 Å². The quantitative estimate of drug-likeness (QED) is 0.865. The lowest BCUT2D eigenvalue weighted by Gasteiger charge is -2.08. The van der Waals surface area contributed by atoms with E-state index in [4.69, 9.17) is 5.11 Å². The van der Waals surface area contributed by atoms with E-state index in [1.54, 1.807) is 19.2 Å². The maximum absolute atomic E-state index is 11.1. The molecule has 0 fully saturated rings. The van der Waals surface area contributed by atoms with Gasteiger partial charge in [-0.2, -0.15) is 0 Å². The van der Waals surface area contributed by atoms with E-state index in [-0.39, 0.29) is 0 Å². The molecule has 3 heteroatoms. The second-order valence-corrected chi connectivity index (χ2v) is 4.22. The predicted molar refractivity (Wildman–Crippen MR) is 73.1 cm³/mol. The molecule has 0 spiro atoms. The molecule has 2 aromatic carbocycles. The van der Waals surface area contributed by atoms with Gasteiger partial charge in [0.05, 0.1) is 5.56 Å². The first-order chi connectivity index (χ1) is 8.60. The molecule has 0 aliphatic carbocycles. The fraction of sp³-hybridized carbons (Fsp3) is 0.133. The van der Waals surface area contributed by atoms with Crippen LogP contribution in [0.4, 0.5) is 5.69 Å². The SMILES string of the molecule is CNc1cc(C(=O)O)cc(-c2cccc(C)c2)c1. The number of carboxylic acid groups (broad SMARTS) is 1. The van der Waals surface area contributed by atoms with Crippen molar-refractivity contribution >= 4 is 11.7 Å². The molecule has 0 aliphatic heterocycles. The standard InChI is InChI=1S/C15H15NO2/c1-10-4-3-5-11(6-10)12-7-13(15(17)18)9-14(8-12)16-2/h3-9,16H,1-2H3,(H,17,18).